The number of halogens is 3. The minimum atomic E-state index is -2.56. The molecule has 0 bridgehead atoms. The molecular weight excluding hydrogens is 322 g/mol. The Hall–Kier alpha value is -0.980. The van der Waals surface area contributed by atoms with Gasteiger partial charge in [-0.3, -0.25) is 4.68 Å². The second-order valence-electron chi connectivity index (χ2n) is 4.62. The molecule has 0 atom stereocenters. The lowest BCUT2D eigenvalue weighted by atomic mass is 9.92. The molecule has 0 amide bonds. The van der Waals surface area contributed by atoms with E-state index in [1.54, 1.807) is 17.8 Å². The summed E-state index contributed by atoms with van der Waals surface area (Å²) in [6, 6.07) is -0.0842. The van der Waals surface area contributed by atoms with Crippen molar-refractivity contribution in [1.82, 2.24) is 9.78 Å². The summed E-state index contributed by atoms with van der Waals surface area (Å²) in [5.41, 5.74) is 0.333. The number of aromatic nitrogens is 2. The van der Waals surface area contributed by atoms with Gasteiger partial charge in [-0.15, -0.1) is 0 Å². The summed E-state index contributed by atoms with van der Waals surface area (Å²) in [4.78, 5) is 11.6. The fourth-order valence-electron chi connectivity index (χ4n) is 2.19. The smallest absolute Gasteiger partial charge is 0.342 e. The van der Waals surface area contributed by atoms with Gasteiger partial charge in [-0.1, -0.05) is 0 Å². The molecule has 1 heterocycles. The molecule has 0 spiro atoms. The monoisotopic (exact) mass is 336 g/mol. The second kappa shape index (κ2) is 5.56. The van der Waals surface area contributed by atoms with E-state index < -0.39 is 11.9 Å². The van der Waals surface area contributed by atoms with Crippen molar-refractivity contribution >= 4 is 21.9 Å². The lowest BCUT2D eigenvalue weighted by molar-refractivity contribution is -0.0450. The molecule has 0 N–H and O–H groups in total. The van der Waals surface area contributed by atoms with Crippen LogP contribution in [0, 0.1) is 0 Å². The summed E-state index contributed by atoms with van der Waals surface area (Å²) in [6.45, 7) is 2.01. The summed E-state index contributed by atoms with van der Waals surface area (Å²) < 4.78 is 33.1. The first-order chi connectivity index (χ1) is 8.93. The maximum Gasteiger partial charge on any atom is 0.342 e. The normalized spacial score (nSPS) is 19.4. The number of alkyl halides is 2. The molecule has 0 unspecified atom stereocenters. The third-order valence-electron chi connectivity index (χ3n) is 3.24. The maximum atomic E-state index is 13.1. The van der Waals surface area contributed by atoms with E-state index in [0.717, 1.165) is 0 Å². The van der Waals surface area contributed by atoms with E-state index in [-0.39, 0.29) is 25.5 Å². The molecule has 7 heteroatoms. The summed E-state index contributed by atoms with van der Waals surface area (Å²) >= 11 is 3.20. The molecule has 0 aliphatic heterocycles. The van der Waals surface area contributed by atoms with E-state index in [9.17, 15) is 13.6 Å². The Kier molecular flexibility index (Phi) is 4.23. The Labute approximate surface area is 118 Å². The van der Waals surface area contributed by atoms with Crippen LogP contribution in [0.3, 0.4) is 0 Å². The van der Waals surface area contributed by atoms with Crippen molar-refractivity contribution in [2.24, 2.45) is 0 Å². The van der Waals surface area contributed by atoms with Crippen LogP contribution in [-0.4, -0.2) is 28.3 Å². The van der Waals surface area contributed by atoms with Gasteiger partial charge in [0.25, 0.3) is 0 Å². The van der Waals surface area contributed by atoms with Gasteiger partial charge in [0.2, 0.25) is 5.92 Å². The van der Waals surface area contributed by atoms with Gasteiger partial charge in [-0.2, -0.15) is 5.10 Å². The minimum Gasteiger partial charge on any atom is -0.462 e. The molecule has 1 aliphatic carbocycles. The van der Waals surface area contributed by atoms with Crippen LogP contribution < -0.4 is 0 Å². The largest absolute Gasteiger partial charge is 0.462 e. The number of carbonyl (C=O) groups excluding carboxylic acids is 1. The van der Waals surface area contributed by atoms with Gasteiger partial charge in [0.05, 0.1) is 12.6 Å². The molecule has 19 heavy (non-hydrogen) atoms. The number of ether oxygens (including phenoxy) is 1. The minimum absolute atomic E-state index is 0.0842. The van der Waals surface area contributed by atoms with E-state index in [4.69, 9.17) is 4.74 Å². The van der Waals surface area contributed by atoms with Crippen LogP contribution in [0.15, 0.2) is 10.8 Å². The SMILES string of the molecule is CCOC(=O)c1cn(C2CCC(F)(F)CC2)nc1Br. The summed E-state index contributed by atoms with van der Waals surface area (Å²) in [6.07, 6.45) is 2.02. The van der Waals surface area contributed by atoms with Crippen molar-refractivity contribution < 1.29 is 18.3 Å². The van der Waals surface area contributed by atoms with Crippen LogP contribution in [0.4, 0.5) is 8.78 Å². The Morgan fingerprint density at radius 2 is 2.21 bits per heavy atom. The molecule has 0 radical (unpaired) electrons. The number of rotatable bonds is 3. The van der Waals surface area contributed by atoms with Crippen LogP contribution in [0.1, 0.15) is 49.0 Å². The lowest BCUT2D eigenvalue weighted by Crippen LogP contribution is -2.26. The zero-order valence-electron chi connectivity index (χ0n) is 10.5. The highest BCUT2D eigenvalue weighted by Gasteiger charge is 2.36. The van der Waals surface area contributed by atoms with E-state index in [1.807, 2.05) is 0 Å². The molecule has 1 aromatic heterocycles. The Morgan fingerprint density at radius 1 is 1.58 bits per heavy atom. The maximum absolute atomic E-state index is 13.1. The van der Waals surface area contributed by atoms with Gasteiger partial charge in [-0.25, -0.2) is 13.6 Å². The third-order valence-corrected chi connectivity index (χ3v) is 3.83. The molecule has 0 saturated heterocycles. The first kappa shape index (κ1) is 14.4. The van der Waals surface area contributed by atoms with E-state index in [1.165, 1.54) is 0 Å². The fraction of sp³-hybridized carbons (Fsp3) is 0.667. The zero-order valence-corrected chi connectivity index (χ0v) is 12.1. The van der Waals surface area contributed by atoms with Crippen LogP contribution in [-0.2, 0) is 4.74 Å². The van der Waals surface area contributed by atoms with Crippen LogP contribution >= 0.6 is 15.9 Å². The number of hydrogen-bond acceptors (Lipinski definition) is 3. The topological polar surface area (TPSA) is 44.1 Å². The van der Waals surface area contributed by atoms with Gasteiger partial charge < -0.3 is 4.74 Å². The highest BCUT2D eigenvalue weighted by atomic mass is 79.9. The van der Waals surface area contributed by atoms with E-state index >= 15 is 0 Å². The predicted molar refractivity (Wildman–Crippen MR) is 68.3 cm³/mol. The van der Waals surface area contributed by atoms with Crippen molar-refractivity contribution in [3.05, 3.63) is 16.4 Å². The molecule has 1 fully saturated rings. The molecule has 1 saturated carbocycles. The average molecular weight is 337 g/mol. The molecule has 0 aromatic carbocycles. The number of carbonyl (C=O) groups is 1. The number of esters is 1. The fourth-order valence-corrected chi connectivity index (χ4v) is 2.64. The van der Waals surface area contributed by atoms with Crippen molar-refractivity contribution in [1.29, 1.82) is 0 Å². The lowest BCUT2D eigenvalue weighted by Gasteiger charge is -2.28. The van der Waals surface area contributed by atoms with Gasteiger partial charge >= 0.3 is 5.97 Å². The highest BCUT2D eigenvalue weighted by Crippen LogP contribution is 2.38. The van der Waals surface area contributed by atoms with Crippen LogP contribution in [0.2, 0.25) is 0 Å². The predicted octanol–water partition coefficient (Wildman–Crippen LogP) is 3.57. The Morgan fingerprint density at radius 3 is 2.79 bits per heavy atom. The van der Waals surface area contributed by atoms with Crippen LogP contribution in [0.25, 0.3) is 0 Å². The summed E-state index contributed by atoms with van der Waals surface area (Å²) in [7, 11) is 0. The summed E-state index contributed by atoms with van der Waals surface area (Å²) in [5, 5.41) is 4.17. The van der Waals surface area contributed by atoms with Crippen LogP contribution in [0.5, 0.6) is 0 Å². The standard InChI is InChI=1S/C12H15BrF2N2O2/c1-2-19-11(18)9-7-17(16-10(9)13)8-3-5-12(14,15)6-4-8/h7-8H,2-6H2,1H3. The molecule has 1 aliphatic rings. The van der Waals surface area contributed by atoms with Crippen molar-refractivity contribution in [3.8, 4) is 0 Å². The summed E-state index contributed by atoms with van der Waals surface area (Å²) in [5.74, 6) is -3.02. The molecular formula is C12H15BrF2N2O2. The van der Waals surface area contributed by atoms with E-state index in [2.05, 4.69) is 21.0 Å². The Balaban J connectivity index is 2.10. The second-order valence-corrected chi connectivity index (χ2v) is 5.37. The highest BCUT2D eigenvalue weighted by molar-refractivity contribution is 9.10. The molecule has 1 aromatic rings. The van der Waals surface area contributed by atoms with Gasteiger partial charge in [0, 0.05) is 19.0 Å². The first-order valence-electron chi connectivity index (χ1n) is 6.22. The Bertz CT molecular complexity index is 466. The number of hydrogen-bond donors (Lipinski definition) is 0. The first-order valence-corrected chi connectivity index (χ1v) is 7.02. The molecule has 4 nitrogen and oxygen atoms in total. The quantitative estimate of drug-likeness (QED) is 0.792. The van der Waals surface area contributed by atoms with E-state index in [0.29, 0.717) is 23.0 Å². The van der Waals surface area contributed by atoms with Crippen molar-refractivity contribution in [3.63, 3.8) is 0 Å². The van der Waals surface area contributed by atoms with Gasteiger partial charge in [0.15, 0.2) is 0 Å². The van der Waals surface area contributed by atoms with Crippen molar-refractivity contribution in [2.45, 2.75) is 44.6 Å². The van der Waals surface area contributed by atoms with Crippen molar-refractivity contribution in [2.75, 3.05) is 6.61 Å². The number of nitrogens with zero attached hydrogens (tertiary/aromatic N) is 2. The third kappa shape index (κ3) is 3.32. The molecule has 106 valence electrons. The zero-order chi connectivity index (χ0) is 14.0. The van der Waals surface area contributed by atoms with Gasteiger partial charge in [-0.05, 0) is 35.7 Å². The average Bonchev–Trinajstić information content (AvgIpc) is 2.71. The molecule has 2 rings (SSSR count). The van der Waals surface area contributed by atoms with Gasteiger partial charge in [0.1, 0.15) is 10.2 Å².